The van der Waals surface area contributed by atoms with Crippen LogP contribution < -0.4 is 9.62 Å². The van der Waals surface area contributed by atoms with E-state index in [1.807, 2.05) is 44.2 Å². The first kappa shape index (κ1) is 31.8. The van der Waals surface area contributed by atoms with Gasteiger partial charge in [0.05, 0.1) is 10.6 Å². The van der Waals surface area contributed by atoms with Crippen LogP contribution in [0, 0.1) is 6.92 Å². The number of anilines is 1. The fraction of sp³-hybridized carbons (Fsp3) is 0.394. The minimum Gasteiger partial charge on any atom is -0.352 e. The molecule has 0 heterocycles. The van der Waals surface area contributed by atoms with Gasteiger partial charge in [-0.15, -0.1) is 0 Å². The predicted molar refractivity (Wildman–Crippen MR) is 171 cm³/mol. The third kappa shape index (κ3) is 8.22. The third-order valence-corrected chi connectivity index (χ3v) is 10.1. The zero-order valence-corrected chi connectivity index (χ0v) is 26.7. The fourth-order valence-electron chi connectivity index (χ4n) is 5.44. The molecule has 0 radical (unpaired) electrons. The number of rotatable bonds is 12. The first-order valence-electron chi connectivity index (χ1n) is 14.7. The summed E-state index contributed by atoms with van der Waals surface area (Å²) in [4.78, 5) is 29.5. The maximum Gasteiger partial charge on any atom is 0.264 e. The van der Waals surface area contributed by atoms with Gasteiger partial charge in [0.2, 0.25) is 11.8 Å². The Balaban J connectivity index is 1.66. The second-order valence-corrected chi connectivity index (χ2v) is 13.7. The van der Waals surface area contributed by atoms with Gasteiger partial charge in [0.15, 0.2) is 0 Å². The highest BCUT2D eigenvalue weighted by Crippen LogP contribution is 2.27. The van der Waals surface area contributed by atoms with Gasteiger partial charge in [0.1, 0.15) is 12.6 Å². The van der Waals surface area contributed by atoms with Gasteiger partial charge >= 0.3 is 0 Å². The molecule has 4 rings (SSSR count). The van der Waals surface area contributed by atoms with Gasteiger partial charge in [-0.25, -0.2) is 8.42 Å². The average molecular weight is 655 g/mol. The van der Waals surface area contributed by atoms with E-state index in [9.17, 15) is 18.0 Å². The van der Waals surface area contributed by atoms with E-state index < -0.39 is 28.5 Å². The third-order valence-electron chi connectivity index (χ3n) is 7.81. The lowest BCUT2D eigenvalue weighted by molar-refractivity contribution is -0.140. The van der Waals surface area contributed by atoms with Crippen molar-refractivity contribution in [1.29, 1.82) is 0 Å². The summed E-state index contributed by atoms with van der Waals surface area (Å²) >= 11 is 3.44. The van der Waals surface area contributed by atoms with Gasteiger partial charge in [0.25, 0.3) is 10.0 Å². The van der Waals surface area contributed by atoms with Crippen LogP contribution >= 0.6 is 15.9 Å². The molecule has 1 saturated carbocycles. The Morgan fingerprint density at radius 3 is 2.29 bits per heavy atom. The Morgan fingerprint density at radius 2 is 1.64 bits per heavy atom. The van der Waals surface area contributed by atoms with Crippen molar-refractivity contribution in [3.63, 3.8) is 0 Å². The summed E-state index contributed by atoms with van der Waals surface area (Å²) in [6.45, 7) is 3.63. The van der Waals surface area contributed by atoms with Crippen LogP contribution in [0.1, 0.15) is 56.6 Å². The molecule has 224 valence electrons. The summed E-state index contributed by atoms with van der Waals surface area (Å²) in [5, 5.41) is 3.19. The molecular formula is C33H40BrN3O4S. The van der Waals surface area contributed by atoms with Crippen LogP contribution in [0.4, 0.5) is 5.69 Å². The molecule has 9 heteroatoms. The molecular weight excluding hydrogens is 614 g/mol. The lowest BCUT2D eigenvalue weighted by Gasteiger charge is -2.34. The van der Waals surface area contributed by atoms with Crippen LogP contribution in [0.2, 0.25) is 0 Å². The molecule has 1 aliphatic carbocycles. The number of sulfonamides is 1. The number of hydrogen-bond acceptors (Lipinski definition) is 4. The number of nitrogens with one attached hydrogen (secondary N) is 1. The number of aryl methyl sites for hydroxylation is 1. The maximum atomic E-state index is 14.2. The van der Waals surface area contributed by atoms with E-state index in [4.69, 9.17) is 0 Å². The second kappa shape index (κ2) is 14.8. The normalized spacial score (nSPS) is 14.6. The van der Waals surface area contributed by atoms with Gasteiger partial charge in [-0.2, -0.15) is 0 Å². The molecule has 7 nitrogen and oxygen atoms in total. The number of carbonyl (C=O) groups excluding carboxylic acids is 2. The average Bonchev–Trinajstić information content (AvgIpc) is 2.99. The molecule has 1 N–H and O–H groups in total. The summed E-state index contributed by atoms with van der Waals surface area (Å²) in [7, 11) is -4.09. The summed E-state index contributed by atoms with van der Waals surface area (Å²) in [6.07, 6.45) is 6.17. The summed E-state index contributed by atoms with van der Waals surface area (Å²) in [5.41, 5.74) is 2.33. The molecule has 1 fully saturated rings. The van der Waals surface area contributed by atoms with Crippen molar-refractivity contribution in [2.45, 2.75) is 75.8 Å². The standard InChI is InChI=1S/C33H40BrN3O4S/c1-3-31(33(39)35-28-14-8-5-9-15-28)36(22-21-26-11-6-4-7-12-26)32(38)24-37(29-16-10-13-27(34)23-29)42(40,41)30-19-17-25(2)18-20-30/h4,6-7,10-13,16-20,23,28,31H,3,5,8-9,14-15,21-22,24H2,1-2H3,(H,35,39). The maximum absolute atomic E-state index is 14.2. The molecule has 42 heavy (non-hydrogen) atoms. The van der Waals surface area contributed by atoms with E-state index >= 15 is 0 Å². The molecule has 0 saturated heterocycles. The number of nitrogens with zero attached hydrogens (tertiary/aromatic N) is 2. The summed E-state index contributed by atoms with van der Waals surface area (Å²) < 4.78 is 29.8. The van der Waals surface area contributed by atoms with E-state index in [1.165, 1.54) is 6.42 Å². The molecule has 2 amide bonds. The lowest BCUT2D eigenvalue weighted by atomic mass is 9.95. The fourth-order valence-corrected chi connectivity index (χ4v) is 7.23. The second-order valence-electron chi connectivity index (χ2n) is 10.9. The van der Waals surface area contributed by atoms with Crippen molar-refractivity contribution >= 4 is 43.5 Å². The first-order chi connectivity index (χ1) is 20.2. The molecule has 0 aliphatic heterocycles. The van der Waals surface area contributed by atoms with E-state index in [0.717, 1.165) is 41.1 Å². The number of halogens is 1. The van der Waals surface area contributed by atoms with Gasteiger partial charge in [-0.1, -0.05) is 96.2 Å². The van der Waals surface area contributed by atoms with Crippen molar-refractivity contribution < 1.29 is 18.0 Å². The van der Waals surface area contributed by atoms with Crippen LogP contribution in [0.3, 0.4) is 0 Å². The van der Waals surface area contributed by atoms with Crippen molar-refractivity contribution in [2.24, 2.45) is 0 Å². The van der Waals surface area contributed by atoms with Crippen LogP contribution in [0.5, 0.6) is 0 Å². The molecule has 3 aromatic carbocycles. The number of amides is 2. The van der Waals surface area contributed by atoms with Crippen molar-refractivity contribution in [2.75, 3.05) is 17.4 Å². The zero-order valence-electron chi connectivity index (χ0n) is 24.3. The van der Waals surface area contributed by atoms with Crippen LogP contribution in [0.15, 0.2) is 88.2 Å². The molecule has 0 bridgehead atoms. The minimum atomic E-state index is -4.09. The highest BCUT2D eigenvalue weighted by Gasteiger charge is 2.34. The topological polar surface area (TPSA) is 86.8 Å². The van der Waals surface area contributed by atoms with E-state index in [2.05, 4.69) is 21.2 Å². The minimum absolute atomic E-state index is 0.0961. The van der Waals surface area contributed by atoms with E-state index in [1.54, 1.807) is 53.4 Å². The molecule has 3 aromatic rings. The molecule has 1 aliphatic rings. The molecule has 0 aromatic heterocycles. The van der Waals surface area contributed by atoms with Gasteiger partial charge < -0.3 is 10.2 Å². The Kier molecular flexibility index (Phi) is 11.2. The highest BCUT2D eigenvalue weighted by molar-refractivity contribution is 9.10. The summed E-state index contributed by atoms with van der Waals surface area (Å²) in [6, 6.07) is 22.7. The Bertz CT molecular complexity index is 1440. The van der Waals surface area contributed by atoms with Gasteiger partial charge in [0, 0.05) is 17.1 Å². The summed E-state index contributed by atoms with van der Waals surface area (Å²) in [5.74, 6) is -0.603. The Labute approximate surface area is 258 Å². The molecule has 1 unspecified atom stereocenters. The quantitative estimate of drug-likeness (QED) is 0.250. The monoisotopic (exact) mass is 653 g/mol. The van der Waals surface area contributed by atoms with E-state index in [-0.39, 0.29) is 23.4 Å². The van der Waals surface area contributed by atoms with Crippen LogP contribution in [0.25, 0.3) is 0 Å². The predicted octanol–water partition coefficient (Wildman–Crippen LogP) is 6.25. The Morgan fingerprint density at radius 1 is 0.952 bits per heavy atom. The highest BCUT2D eigenvalue weighted by atomic mass is 79.9. The Hall–Kier alpha value is -3.17. The number of carbonyl (C=O) groups is 2. The SMILES string of the molecule is CCC(C(=O)NC1CCCCC1)N(CCc1ccccc1)C(=O)CN(c1cccc(Br)c1)S(=O)(=O)c1ccc(C)cc1. The number of benzene rings is 3. The van der Waals surface area contributed by atoms with Crippen LogP contribution in [-0.2, 0) is 26.0 Å². The number of hydrogen-bond donors (Lipinski definition) is 1. The largest absolute Gasteiger partial charge is 0.352 e. The van der Waals surface area contributed by atoms with Crippen LogP contribution in [-0.4, -0.2) is 50.3 Å². The van der Waals surface area contributed by atoms with Gasteiger partial charge in [-0.05, 0) is 68.5 Å². The van der Waals surface area contributed by atoms with Crippen molar-refractivity contribution in [3.05, 3.63) is 94.5 Å². The van der Waals surface area contributed by atoms with Crippen molar-refractivity contribution in [3.8, 4) is 0 Å². The first-order valence-corrected chi connectivity index (χ1v) is 16.9. The molecule has 1 atom stereocenters. The van der Waals surface area contributed by atoms with E-state index in [0.29, 0.717) is 23.0 Å². The smallest absolute Gasteiger partial charge is 0.264 e. The zero-order chi connectivity index (χ0) is 30.1. The molecule has 0 spiro atoms. The lowest BCUT2D eigenvalue weighted by Crippen LogP contribution is -2.54. The van der Waals surface area contributed by atoms with Gasteiger partial charge in [-0.3, -0.25) is 13.9 Å². The van der Waals surface area contributed by atoms with Crippen molar-refractivity contribution in [1.82, 2.24) is 10.2 Å².